The van der Waals surface area contributed by atoms with Gasteiger partial charge in [-0.15, -0.1) is 0 Å². The van der Waals surface area contributed by atoms with Gasteiger partial charge in [-0.25, -0.2) is 9.59 Å². The van der Waals surface area contributed by atoms with Crippen molar-refractivity contribution in [2.75, 3.05) is 13.2 Å². The quantitative estimate of drug-likeness (QED) is 0.674. The number of carbonyl (C=O) groups excluding carboxylic acids is 1. The van der Waals surface area contributed by atoms with Crippen molar-refractivity contribution in [3.8, 4) is 0 Å². The minimum Gasteiger partial charge on any atom is -0.479 e. The third-order valence-corrected chi connectivity index (χ3v) is 3.93. The molecule has 1 saturated heterocycles. The summed E-state index contributed by atoms with van der Waals surface area (Å²) in [6.07, 6.45) is 4.65. The maximum atomic E-state index is 11.9. The SMILES string of the molecule is CCC(CC1CC1)NC(=O)NC1(C(=O)O)CCOC1. The fourth-order valence-corrected chi connectivity index (χ4v) is 2.41. The number of urea groups is 1. The molecule has 0 aromatic heterocycles. The summed E-state index contributed by atoms with van der Waals surface area (Å²) in [5.74, 6) is -0.302. The molecule has 2 unspecified atom stereocenters. The van der Waals surface area contributed by atoms with Gasteiger partial charge in [0.15, 0.2) is 5.54 Å². The summed E-state index contributed by atoms with van der Waals surface area (Å²) in [5.41, 5.74) is -1.26. The number of hydrogen-bond acceptors (Lipinski definition) is 3. The van der Waals surface area contributed by atoms with Gasteiger partial charge in [-0.3, -0.25) is 0 Å². The Kier molecular flexibility index (Phi) is 4.29. The monoisotopic (exact) mass is 270 g/mol. The maximum Gasteiger partial charge on any atom is 0.332 e. The van der Waals surface area contributed by atoms with E-state index in [1.165, 1.54) is 12.8 Å². The first-order valence-electron chi connectivity index (χ1n) is 6.95. The molecule has 2 rings (SSSR count). The summed E-state index contributed by atoms with van der Waals surface area (Å²) < 4.78 is 5.11. The van der Waals surface area contributed by atoms with Crippen LogP contribution in [0.2, 0.25) is 0 Å². The Balaban J connectivity index is 1.86. The average molecular weight is 270 g/mol. The second-order valence-electron chi connectivity index (χ2n) is 5.57. The van der Waals surface area contributed by atoms with Crippen LogP contribution in [0.3, 0.4) is 0 Å². The summed E-state index contributed by atoms with van der Waals surface area (Å²) in [6, 6.07) is -0.277. The zero-order valence-electron chi connectivity index (χ0n) is 11.3. The van der Waals surface area contributed by atoms with Gasteiger partial charge < -0.3 is 20.5 Å². The number of rotatable bonds is 6. The minimum atomic E-state index is -1.26. The summed E-state index contributed by atoms with van der Waals surface area (Å²) in [6.45, 7) is 2.43. The summed E-state index contributed by atoms with van der Waals surface area (Å²) in [7, 11) is 0. The molecule has 0 aromatic carbocycles. The van der Waals surface area contributed by atoms with Gasteiger partial charge in [0.1, 0.15) is 0 Å². The highest BCUT2D eigenvalue weighted by atomic mass is 16.5. The summed E-state index contributed by atoms with van der Waals surface area (Å²) in [5, 5.41) is 14.7. The zero-order valence-corrected chi connectivity index (χ0v) is 11.3. The highest BCUT2D eigenvalue weighted by Gasteiger charge is 2.44. The number of carboxylic acid groups (broad SMARTS) is 1. The van der Waals surface area contributed by atoms with E-state index >= 15 is 0 Å². The topological polar surface area (TPSA) is 87.7 Å². The molecule has 1 aliphatic carbocycles. The molecule has 6 nitrogen and oxygen atoms in total. The fourth-order valence-electron chi connectivity index (χ4n) is 2.41. The van der Waals surface area contributed by atoms with Gasteiger partial charge in [0.05, 0.1) is 6.61 Å². The predicted octanol–water partition coefficient (Wildman–Crippen LogP) is 1.11. The molecule has 3 N–H and O–H groups in total. The first-order chi connectivity index (χ1) is 9.05. The number of hydrogen-bond donors (Lipinski definition) is 3. The molecule has 108 valence electrons. The third kappa shape index (κ3) is 3.59. The standard InChI is InChI=1S/C13H22N2O4/c1-2-10(7-9-3-4-9)14-12(18)15-13(11(16)17)5-6-19-8-13/h9-10H,2-8H2,1H3,(H,16,17)(H2,14,15,18). The van der Waals surface area contributed by atoms with Crippen LogP contribution in [0.5, 0.6) is 0 Å². The van der Waals surface area contributed by atoms with Crippen molar-refractivity contribution in [3.05, 3.63) is 0 Å². The van der Waals surface area contributed by atoms with Crippen molar-refractivity contribution < 1.29 is 19.4 Å². The van der Waals surface area contributed by atoms with Crippen molar-refractivity contribution in [1.29, 1.82) is 0 Å². The third-order valence-electron chi connectivity index (χ3n) is 3.93. The van der Waals surface area contributed by atoms with E-state index in [1.807, 2.05) is 6.92 Å². The summed E-state index contributed by atoms with van der Waals surface area (Å²) >= 11 is 0. The van der Waals surface area contributed by atoms with Gasteiger partial charge >= 0.3 is 12.0 Å². The lowest BCUT2D eigenvalue weighted by Crippen LogP contribution is -2.58. The van der Waals surface area contributed by atoms with E-state index < -0.39 is 17.5 Å². The Morgan fingerprint density at radius 1 is 1.47 bits per heavy atom. The van der Waals surface area contributed by atoms with Crippen molar-refractivity contribution in [2.45, 2.75) is 50.6 Å². The Bertz CT molecular complexity index is 349. The first kappa shape index (κ1) is 14.1. The number of carbonyl (C=O) groups is 2. The molecule has 1 aliphatic heterocycles. The summed E-state index contributed by atoms with van der Waals surface area (Å²) in [4.78, 5) is 23.2. The smallest absolute Gasteiger partial charge is 0.332 e. The minimum absolute atomic E-state index is 0.0369. The van der Waals surface area contributed by atoms with Crippen LogP contribution < -0.4 is 10.6 Å². The van der Waals surface area contributed by atoms with Gasteiger partial charge in [-0.05, 0) is 18.8 Å². The lowest BCUT2D eigenvalue weighted by Gasteiger charge is -2.26. The molecule has 1 saturated carbocycles. The van der Waals surface area contributed by atoms with E-state index in [-0.39, 0.29) is 12.6 Å². The molecule has 2 amide bonds. The van der Waals surface area contributed by atoms with E-state index in [0.29, 0.717) is 13.0 Å². The van der Waals surface area contributed by atoms with Crippen LogP contribution in [0.15, 0.2) is 0 Å². The molecular formula is C13H22N2O4. The Morgan fingerprint density at radius 2 is 2.21 bits per heavy atom. The Morgan fingerprint density at radius 3 is 2.68 bits per heavy atom. The second-order valence-corrected chi connectivity index (χ2v) is 5.57. The maximum absolute atomic E-state index is 11.9. The molecule has 0 spiro atoms. The Hall–Kier alpha value is -1.30. The van der Waals surface area contributed by atoms with Crippen LogP contribution in [0.4, 0.5) is 4.79 Å². The van der Waals surface area contributed by atoms with Crippen LogP contribution >= 0.6 is 0 Å². The largest absolute Gasteiger partial charge is 0.479 e. The van der Waals surface area contributed by atoms with Crippen molar-refractivity contribution >= 4 is 12.0 Å². The molecule has 1 heterocycles. The number of amides is 2. The number of carboxylic acids is 1. The highest BCUT2D eigenvalue weighted by Crippen LogP contribution is 2.34. The van der Waals surface area contributed by atoms with E-state index in [9.17, 15) is 14.7 Å². The van der Waals surface area contributed by atoms with Crippen LogP contribution in [0.25, 0.3) is 0 Å². The van der Waals surface area contributed by atoms with Crippen LogP contribution in [0.1, 0.15) is 39.0 Å². The normalized spacial score (nSPS) is 27.8. The van der Waals surface area contributed by atoms with Crippen molar-refractivity contribution in [1.82, 2.24) is 10.6 Å². The van der Waals surface area contributed by atoms with Gasteiger partial charge in [0.2, 0.25) is 0 Å². The number of ether oxygens (including phenoxy) is 1. The van der Waals surface area contributed by atoms with Gasteiger partial charge in [0.25, 0.3) is 0 Å². The highest BCUT2D eigenvalue weighted by molar-refractivity contribution is 5.86. The predicted molar refractivity (Wildman–Crippen MR) is 68.9 cm³/mol. The molecule has 0 bridgehead atoms. The van der Waals surface area contributed by atoms with Gasteiger partial charge in [-0.2, -0.15) is 0 Å². The fraction of sp³-hybridized carbons (Fsp3) is 0.846. The molecule has 6 heteroatoms. The average Bonchev–Trinajstić information content (AvgIpc) is 3.05. The van der Waals surface area contributed by atoms with Gasteiger partial charge in [0, 0.05) is 19.1 Å². The van der Waals surface area contributed by atoms with Crippen LogP contribution in [-0.4, -0.2) is 41.9 Å². The van der Waals surface area contributed by atoms with E-state index in [0.717, 1.165) is 18.8 Å². The number of nitrogens with one attached hydrogen (secondary N) is 2. The van der Waals surface area contributed by atoms with Gasteiger partial charge in [-0.1, -0.05) is 19.8 Å². The molecule has 19 heavy (non-hydrogen) atoms. The van der Waals surface area contributed by atoms with Crippen LogP contribution in [-0.2, 0) is 9.53 Å². The van der Waals surface area contributed by atoms with Crippen molar-refractivity contribution in [3.63, 3.8) is 0 Å². The first-order valence-corrected chi connectivity index (χ1v) is 6.95. The van der Waals surface area contributed by atoms with E-state index in [2.05, 4.69) is 10.6 Å². The molecule has 0 radical (unpaired) electrons. The lowest BCUT2D eigenvalue weighted by molar-refractivity contribution is -0.144. The van der Waals surface area contributed by atoms with E-state index in [1.54, 1.807) is 0 Å². The molecule has 2 fully saturated rings. The zero-order chi connectivity index (χ0) is 13.9. The Labute approximate surface area is 112 Å². The molecule has 2 atom stereocenters. The van der Waals surface area contributed by atoms with E-state index in [4.69, 9.17) is 4.74 Å². The number of aliphatic carboxylic acids is 1. The molecule has 0 aromatic rings. The second kappa shape index (κ2) is 5.77. The molecule has 2 aliphatic rings. The van der Waals surface area contributed by atoms with Crippen molar-refractivity contribution in [2.24, 2.45) is 5.92 Å². The van der Waals surface area contributed by atoms with Crippen LogP contribution in [0, 0.1) is 5.92 Å². The lowest BCUT2D eigenvalue weighted by atomic mass is 9.99. The molecular weight excluding hydrogens is 248 g/mol.